The zero-order chi connectivity index (χ0) is 32.6. The Kier molecular flexibility index (Phi) is 11.8. The van der Waals surface area contributed by atoms with Crippen LogP contribution in [-0.2, 0) is 32.6 Å². The van der Waals surface area contributed by atoms with Gasteiger partial charge < -0.3 is 10.2 Å². The first-order valence-corrected chi connectivity index (χ1v) is 17.3. The molecule has 45 heavy (non-hydrogen) atoms. The molecule has 1 N–H and O–H groups in total. The van der Waals surface area contributed by atoms with Gasteiger partial charge >= 0.3 is 0 Å². The van der Waals surface area contributed by atoms with Crippen molar-refractivity contribution in [2.24, 2.45) is 5.92 Å². The first-order valence-electron chi connectivity index (χ1n) is 14.6. The molecular formula is C35H37BrClN3O4S. The van der Waals surface area contributed by atoms with E-state index in [1.807, 2.05) is 51.1 Å². The number of aryl methyl sites for hydroxylation is 1. The van der Waals surface area contributed by atoms with Crippen molar-refractivity contribution in [1.82, 2.24) is 10.2 Å². The van der Waals surface area contributed by atoms with Crippen molar-refractivity contribution < 1.29 is 18.0 Å². The number of nitrogens with zero attached hydrogens (tertiary/aromatic N) is 2. The molecular weight excluding hydrogens is 674 g/mol. The van der Waals surface area contributed by atoms with E-state index in [9.17, 15) is 18.0 Å². The second-order valence-electron chi connectivity index (χ2n) is 11.3. The minimum absolute atomic E-state index is 0.0561. The summed E-state index contributed by atoms with van der Waals surface area (Å²) in [6.07, 6.45) is 0.242. The molecule has 0 spiro atoms. The number of halogens is 2. The van der Waals surface area contributed by atoms with E-state index in [1.54, 1.807) is 60.7 Å². The number of carbonyl (C=O) groups excluding carboxylic acids is 2. The zero-order valence-electron chi connectivity index (χ0n) is 25.5. The van der Waals surface area contributed by atoms with Gasteiger partial charge in [-0.2, -0.15) is 0 Å². The number of benzene rings is 4. The first kappa shape index (κ1) is 34.2. The van der Waals surface area contributed by atoms with E-state index >= 15 is 0 Å². The van der Waals surface area contributed by atoms with Crippen LogP contribution < -0.4 is 9.62 Å². The van der Waals surface area contributed by atoms with Crippen molar-refractivity contribution in [2.75, 3.05) is 17.4 Å². The molecule has 0 saturated carbocycles. The number of rotatable bonds is 13. The van der Waals surface area contributed by atoms with E-state index in [-0.39, 0.29) is 29.7 Å². The maximum Gasteiger partial charge on any atom is 0.264 e. The molecule has 236 valence electrons. The van der Waals surface area contributed by atoms with Crippen molar-refractivity contribution in [1.29, 1.82) is 0 Å². The molecule has 4 aromatic rings. The Bertz CT molecular complexity index is 1700. The lowest BCUT2D eigenvalue weighted by Crippen LogP contribution is -2.53. The molecule has 0 aliphatic rings. The molecule has 0 aromatic heterocycles. The molecule has 0 fully saturated rings. The molecule has 7 nitrogen and oxygen atoms in total. The van der Waals surface area contributed by atoms with Crippen LogP contribution in [0.15, 0.2) is 112 Å². The van der Waals surface area contributed by atoms with E-state index in [0.717, 1.165) is 21.0 Å². The molecule has 0 aliphatic carbocycles. The smallest absolute Gasteiger partial charge is 0.264 e. The third-order valence-corrected chi connectivity index (χ3v) is 9.74. The number of nitrogens with one attached hydrogen (secondary N) is 1. The fourth-order valence-corrected chi connectivity index (χ4v) is 6.68. The summed E-state index contributed by atoms with van der Waals surface area (Å²) in [7, 11) is -4.17. The average molecular weight is 711 g/mol. The van der Waals surface area contributed by atoms with Crippen molar-refractivity contribution in [3.63, 3.8) is 0 Å². The van der Waals surface area contributed by atoms with Crippen molar-refractivity contribution in [3.8, 4) is 0 Å². The maximum atomic E-state index is 14.5. The Labute approximate surface area is 279 Å². The number of hydrogen-bond acceptors (Lipinski definition) is 4. The van der Waals surface area contributed by atoms with E-state index in [0.29, 0.717) is 21.7 Å². The Morgan fingerprint density at radius 3 is 2.16 bits per heavy atom. The van der Waals surface area contributed by atoms with Gasteiger partial charge in [0.25, 0.3) is 10.0 Å². The Hall–Kier alpha value is -3.66. The Balaban J connectivity index is 1.79. The van der Waals surface area contributed by atoms with Crippen LogP contribution in [0.3, 0.4) is 0 Å². The van der Waals surface area contributed by atoms with Crippen molar-refractivity contribution in [3.05, 3.63) is 129 Å². The third-order valence-electron chi connectivity index (χ3n) is 7.21. The molecule has 10 heteroatoms. The predicted molar refractivity (Wildman–Crippen MR) is 184 cm³/mol. The molecule has 0 bridgehead atoms. The maximum absolute atomic E-state index is 14.5. The summed E-state index contributed by atoms with van der Waals surface area (Å²) < 4.78 is 30.0. The number of amides is 2. The van der Waals surface area contributed by atoms with Gasteiger partial charge in [-0.15, -0.1) is 0 Å². The molecule has 1 unspecified atom stereocenters. The van der Waals surface area contributed by atoms with Crippen LogP contribution in [0.1, 0.15) is 30.5 Å². The summed E-state index contributed by atoms with van der Waals surface area (Å²) >= 11 is 9.58. The van der Waals surface area contributed by atoms with Crippen molar-refractivity contribution in [2.45, 2.75) is 44.7 Å². The summed E-state index contributed by atoms with van der Waals surface area (Å²) in [5.74, 6) is -0.648. The molecule has 1 atom stereocenters. The molecule has 0 heterocycles. The van der Waals surface area contributed by atoms with Gasteiger partial charge in [0.05, 0.1) is 10.6 Å². The lowest BCUT2D eigenvalue weighted by molar-refractivity contribution is -0.140. The Morgan fingerprint density at radius 1 is 0.867 bits per heavy atom. The van der Waals surface area contributed by atoms with Crippen molar-refractivity contribution >= 4 is 55.1 Å². The van der Waals surface area contributed by atoms with Gasteiger partial charge in [0.15, 0.2) is 0 Å². The summed E-state index contributed by atoms with van der Waals surface area (Å²) in [5, 5.41) is 3.53. The normalized spacial score (nSPS) is 12.0. The molecule has 0 saturated heterocycles. The SMILES string of the molecule is Cc1ccc(S(=O)(=O)N(CC(=O)N(Cc2ccc(Cl)cc2)C(Cc2ccccc2)C(=O)NCC(C)C)c2cccc(Br)c2)cc1. The first-order chi connectivity index (χ1) is 21.4. The van der Waals surface area contributed by atoms with E-state index in [1.165, 1.54) is 17.0 Å². The van der Waals surface area contributed by atoms with E-state index < -0.39 is 28.5 Å². The second-order valence-corrected chi connectivity index (χ2v) is 14.5. The highest BCUT2D eigenvalue weighted by Crippen LogP contribution is 2.27. The summed E-state index contributed by atoms with van der Waals surface area (Å²) in [4.78, 5) is 29.9. The highest BCUT2D eigenvalue weighted by Gasteiger charge is 2.34. The number of anilines is 1. The summed E-state index contributed by atoms with van der Waals surface area (Å²) in [6.45, 7) is 5.84. The quantitative estimate of drug-likeness (QED) is 0.162. The van der Waals surface area contributed by atoms with Gasteiger partial charge in [0.1, 0.15) is 12.6 Å². The summed E-state index contributed by atoms with van der Waals surface area (Å²) in [6, 6.07) is 28.9. The van der Waals surface area contributed by atoms with Gasteiger partial charge in [-0.25, -0.2) is 8.42 Å². The third kappa shape index (κ3) is 9.42. The van der Waals surface area contributed by atoms with Crippen LogP contribution in [0.5, 0.6) is 0 Å². The molecule has 4 aromatic carbocycles. The largest absolute Gasteiger partial charge is 0.354 e. The van der Waals surface area contributed by atoms with E-state index in [2.05, 4.69) is 21.2 Å². The van der Waals surface area contributed by atoms with Crippen LogP contribution in [0.25, 0.3) is 0 Å². The molecule has 0 radical (unpaired) electrons. The van der Waals surface area contributed by atoms with Gasteiger partial charge in [-0.05, 0) is 66.4 Å². The number of hydrogen-bond donors (Lipinski definition) is 1. The lowest BCUT2D eigenvalue weighted by Gasteiger charge is -2.34. The fourth-order valence-electron chi connectivity index (χ4n) is 4.76. The highest BCUT2D eigenvalue weighted by atomic mass is 79.9. The number of sulfonamides is 1. The van der Waals surface area contributed by atoms with Crippen LogP contribution in [0.4, 0.5) is 5.69 Å². The number of carbonyl (C=O) groups is 2. The molecule has 2 amide bonds. The summed E-state index contributed by atoms with van der Waals surface area (Å²) in [5.41, 5.74) is 2.84. The van der Waals surface area contributed by atoms with Gasteiger partial charge in [-0.1, -0.05) is 108 Å². The Morgan fingerprint density at radius 2 is 1.53 bits per heavy atom. The molecule has 0 aliphatic heterocycles. The minimum Gasteiger partial charge on any atom is -0.354 e. The lowest BCUT2D eigenvalue weighted by atomic mass is 10.0. The van der Waals surface area contributed by atoms with Crippen LogP contribution in [0, 0.1) is 12.8 Å². The predicted octanol–water partition coefficient (Wildman–Crippen LogP) is 7.02. The zero-order valence-corrected chi connectivity index (χ0v) is 28.6. The molecule has 4 rings (SSSR count). The van der Waals surface area contributed by atoms with Crippen LogP contribution in [0.2, 0.25) is 5.02 Å². The van der Waals surface area contributed by atoms with Gasteiger partial charge in [-0.3, -0.25) is 13.9 Å². The van der Waals surface area contributed by atoms with Crippen LogP contribution in [-0.4, -0.2) is 44.3 Å². The van der Waals surface area contributed by atoms with Gasteiger partial charge in [0, 0.05) is 29.0 Å². The minimum atomic E-state index is -4.17. The standard InChI is InChI=1S/C35H37BrClN3O4S/c1-25(2)22-38-35(42)33(20-27-8-5-4-6-9-27)39(23-28-14-16-30(37)17-15-28)34(41)24-40(31-11-7-10-29(36)21-31)45(43,44)32-18-12-26(3)13-19-32/h4-19,21,25,33H,20,22-24H2,1-3H3,(H,38,42). The van der Waals surface area contributed by atoms with Crippen LogP contribution >= 0.6 is 27.5 Å². The highest BCUT2D eigenvalue weighted by molar-refractivity contribution is 9.10. The van der Waals surface area contributed by atoms with E-state index in [4.69, 9.17) is 11.6 Å². The average Bonchev–Trinajstić information content (AvgIpc) is 3.01. The second kappa shape index (κ2) is 15.6. The fraction of sp³-hybridized carbons (Fsp3) is 0.257. The monoisotopic (exact) mass is 709 g/mol. The van der Waals surface area contributed by atoms with Gasteiger partial charge in [0.2, 0.25) is 11.8 Å². The topological polar surface area (TPSA) is 86.8 Å².